The van der Waals surface area contributed by atoms with Gasteiger partial charge in [0.25, 0.3) is 11.5 Å². The van der Waals surface area contributed by atoms with Crippen molar-refractivity contribution in [2.75, 3.05) is 37.2 Å². The number of hydrogen-bond acceptors (Lipinski definition) is 9. The van der Waals surface area contributed by atoms with E-state index in [0.29, 0.717) is 70.8 Å². The Balaban J connectivity index is 1.35. The van der Waals surface area contributed by atoms with E-state index >= 15 is 0 Å². The molecule has 1 amide bonds. The Morgan fingerprint density at radius 2 is 1.84 bits per heavy atom. The lowest BCUT2D eigenvalue weighted by molar-refractivity contribution is 0.0780. The van der Waals surface area contributed by atoms with Crippen molar-refractivity contribution < 1.29 is 9.53 Å². The first-order valence-corrected chi connectivity index (χ1v) is 14.7. The number of halogens is 1. The number of carbonyl (C=O) groups excluding carboxylic acids is 1. The van der Waals surface area contributed by atoms with E-state index in [1.165, 1.54) is 6.33 Å². The molecule has 11 nitrogen and oxygen atoms in total. The summed E-state index contributed by atoms with van der Waals surface area (Å²) in [6.07, 6.45) is 6.32. The second-order valence-corrected chi connectivity index (χ2v) is 11.3. The summed E-state index contributed by atoms with van der Waals surface area (Å²) in [6.45, 7) is 1.55. The third-order valence-corrected chi connectivity index (χ3v) is 8.50. The summed E-state index contributed by atoms with van der Waals surface area (Å²) >= 11 is 6.50. The Morgan fingerprint density at radius 3 is 2.61 bits per heavy atom. The molecule has 7 rings (SSSR count). The molecule has 1 fully saturated rings. The molecule has 0 aliphatic carbocycles. The first-order chi connectivity index (χ1) is 21.4. The number of aromatic nitrogens is 5. The third-order valence-electron chi connectivity index (χ3n) is 8.18. The van der Waals surface area contributed by atoms with Crippen molar-refractivity contribution in [3.63, 3.8) is 0 Å². The Bertz CT molecular complexity index is 1930. The van der Waals surface area contributed by atoms with Crippen molar-refractivity contribution in [2.45, 2.75) is 25.4 Å². The Kier molecular flexibility index (Phi) is 7.09. The number of hydrogen-bond donors (Lipinski definition) is 0. The van der Waals surface area contributed by atoms with Gasteiger partial charge in [-0.15, -0.1) is 0 Å². The van der Waals surface area contributed by atoms with Crippen molar-refractivity contribution >= 4 is 40.0 Å². The van der Waals surface area contributed by atoms with Crippen LogP contribution in [-0.4, -0.2) is 62.7 Å². The molecule has 3 aromatic heterocycles. The zero-order valence-corrected chi connectivity index (χ0v) is 25.0. The fourth-order valence-electron chi connectivity index (χ4n) is 6.13. The van der Waals surface area contributed by atoms with Crippen LogP contribution in [0.5, 0.6) is 5.75 Å². The van der Waals surface area contributed by atoms with Crippen LogP contribution in [0.15, 0.2) is 78.1 Å². The molecular formula is C32H29ClN8O3. The van der Waals surface area contributed by atoms with E-state index in [2.05, 4.69) is 24.8 Å². The number of pyridine rings is 1. The van der Waals surface area contributed by atoms with E-state index in [0.717, 1.165) is 17.7 Å². The van der Waals surface area contributed by atoms with E-state index in [9.17, 15) is 9.59 Å². The van der Waals surface area contributed by atoms with E-state index < -0.39 is 0 Å². The lowest BCUT2D eigenvalue weighted by Crippen LogP contribution is -2.46. The van der Waals surface area contributed by atoms with Gasteiger partial charge in [-0.3, -0.25) is 19.1 Å². The molecule has 1 unspecified atom stereocenters. The maximum Gasteiger partial charge on any atom is 0.267 e. The maximum atomic E-state index is 14.0. The highest BCUT2D eigenvalue weighted by Gasteiger charge is 2.38. The van der Waals surface area contributed by atoms with Crippen LogP contribution in [0.2, 0.25) is 5.02 Å². The number of ether oxygens (including phenoxy) is 1. The number of fused-ring (bicyclic) bond motifs is 2. The first kappa shape index (κ1) is 27.8. The monoisotopic (exact) mass is 608 g/mol. The molecular weight excluding hydrogens is 580 g/mol. The quantitative estimate of drug-likeness (QED) is 0.273. The topological polar surface area (TPSA) is 110 Å². The highest BCUT2D eigenvalue weighted by Crippen LogP contribution is 2.40. The van der Waals surface area contributed by atoms with E-state index in [4.69, 9.17) is 21.3 Å². The van der Waals surface area contributed by atoms with Crippen LogP contribution in [0, 0.1) is 0 Å². The van der Waals surface area contributed by atoms with Crippen LogP contribution in [-0.2, 0) is 6.54 Å². The summed E-state index contributed by atoms with van der Waals surface area (Å²) in [7, 11) is 3.42. The molecule has 12 heteroatoms. The third kappa shape index (κ3) is 4.69. The summed E-state index contributed by atoms with van der Waals surface area (Å²) in [5.41, 5.74) is 2.30. The van der Waals surface area contributed by atoms with Gasteiger partial charge >= 0.3 is 0 Å². The van der Waals surface area contributed by atoms with Gasteiger partial charge < -0.3 is 19.4 Å². The molecule has 0 radical (unpaired) electrons. The maximum absolute atomic E-state index is 14.0. The Hall–Kier alpha value is -5.03. The molecule has 44 heavy (non-hydrogen) atoms. The molecule has 2 aliphatic heterocycles. The van der Waals surface area contributed by atoms with Gasteiger partial charge in [0.1, 0.15) is 35.1 Å². The molecule has 1 atom stereocenters. The molecule has 0 saturated carbocycles. The fraction of sp³-hybridized carbons (Fsp3) is 0.250. The van der Waals surface area contributed by atoms with Crippen LogP contribution >= 0.6 is 11.6 Å². The average molecular weight is 609 g/mol. The average Bonchev–Trinajstić information content (AvgIpc) is 3.53. The minimum atomic E-state index is -0.347. The van der Waals surface area contributed by atoms with Gasteiger partial charge in [-0.2, -0.15) is 0 Å². The number of amides is 1. The van der Waals surface area contributed by atoms with Gasteiger partial charge in [-0.05, 0) is 54.8 Å². The van der Waals surface area contributed by atoms with Crippen molar-refractivity contribution in [2.24, 2.45) is 0 Å². The van der Waals surface area contributed by atoms with E-state index in [1.807, 2.05) is 30.3 Å². The smallest absolute Gasteiger partial charge is 0.267 e. The normalized spacial score (nSPS) is 16.5. The molecule has 0 bridgehead atoms. The first-order valence-electron chi connectivity index (χ1n) is 14.3. The summed E-state index contributed by atoms with van der Waals surface area (Å²) in [4.78, 5) is 52.2. The van der Waals surface area contributed by atoms with Crippen molar-refractivity contribution in [1.82, 2.24) is 29.4 Å². The highest BCUT2D eigenvalue weighted by molar-refractivity contribution is 6.35. The predicted octanol–water partition coefficient (Wildman–Crippen LogP) is 4.62. The Morgan fingerprint density at radius 1 is 1.02 bits per heavy atom. The van der Waals surface area contributed by atoms with Gasteiger partial charge in [0, 0.05) is 26.3 Å². The van der Waals surface area contributed by atoms with Crippen LogP contribution in [0.1, 0.15) is 40.6 Å². The molecule has 1 saturated heterocycles. The lowest BCUT2D eigenvalue weighted by Gasteiger charge is -2.37. The molecule has 0 N–H and O–H groups in total. The van der Waals surface area contributed by atoms with Gasteiger partial charge in [0.2, 0.25) is 0 Å². The van der Waals surface area contributed by atoms with Crippen molar-refractivity contribution in [1.29, 1.82) is 0 Å². The second-order valence-electron chi connectivity index (χ2n) is 10.9. The zero-order valence-electron chi connectivity index (χ0n) is 24.2. The van der Waals surface area contributed by atoms with Crippen LogP contribution in [0.25, 0.3) is 16.6 Å². The van der Waals surface area contributed by atoms with E-state index in [-0.39, 0.29) is 17.5 Å². The molecule has 5 heterocycles. The molecule has 0 spiro atoms. The minimum Gasteiger partial charge on any atom is -0.497 e. The molecule has 2 aromatic carbocycles. The van der Waals surface area contributed by atoms with Gasteiger partial charge in [0.05, 0.1) is 47.6 Å². The number of carbonyl (C=O) groups is 1. The second kappa shape index (κ2) is 11.2. The number of rotatable bonds is 6. The fourth-order valence-corrected chi connectivity index (χ4v) is 6.38. The number of anilines is 2. The van der Waals surface area contributed by atoms with E-state index in [1.54, 1.807) is 60.3 Å². The Labute approximate surface area is 258 Å². The molecule has 2 aliphatic rings. The molecule has 222 valence electrons. The van der Waals surface area contributed by atoms with Crippen LogP contribution < -0.4 is 20.1 Å². The van der Waals surface area contributed by atoms with Crippen LogP contribution in [0.4, 0.5) is 11.6 Å². The van der Waals surface area contributed by atoms with Crippen molar-refractivity contribution in [3.05, 3.63) is 106 Å². The van der Waals surface area contributed by atoms with Gasteiger partial charge in [0.15, 0.2) is 0 Å². The number of methoxy groups -OCH3 is 1. The van der Waals surface area contributed by atoms with Gasteiger partial charge in [-0.1, -0.05) is 29.8 Å². The summed E-state index contributed by atoms with van der Waals surface area (Å²) < 4.78 is 6.90. The summed E-state index contributed by atoms with van der Waals surface area (Å²) in [6, 6.07) is 16.4. The largest absolute Gasteiger partial charge is 0.497 e. The SMILES string of the molecule is COc1ccc(CN2CN(C)C(=O)c3c2ncnc3N2CCCC2c2nc3cccc(Cl)c3c(=O)n2-c2cccnc2)cc1. The minimum absolute atomic E-state index is 0.157. The van der Waals surface area contributed by atoms with Crippen LogP contribution in [0.3, 0.4) is 0 Å². The zero-order chi connectivity index (χ0) is 30.4. The summed E-state index contributed by atoms with van der Waals surface area (Å²) in [5, 5.41) is 0.680. The summed E-state index contributed by atoms with van der Waals surface area (Å²) in [5.74, 6) is 2.25. The van der Waals surface area contributed by atoms with Gasteiger partial charge in [-0.25, -0.2) is 15.0 Å². The van der Waals surface area contributed by atoms with Crippen molar-refractivity contribution in [3.8, 4) is 11.4 Å². The number of benzene rings is 2. The lowest BCUT2D eigenvalue weighted by atomic mass is 10.1. The highest BCUT2D eigenvalue weighted by atomic mass is 35.5. The predicted molar refractivity (Wildman–Crippen MR) is 168 cm³/mol. The standard InChI is InChI=1S/C32H29ClN8O3/c1-38-19-39(17-20-10-12-22(44-2)13-11-20)29-27(31(38)42)30(36-18-35-29)40-15-5-9-25(40)28-37-24-8-3-7-23(33)26(24)32(43)41(28)21-6-4-14-34-16-21/h3-4,6-8,10-14,16,18,25H,5,9,15,17,19H2,1-2H3. The number of nitrogens with zero attached hydrogens (tertiary/aromatic N) is 8. The molecule has 5 aromatic rings.